The molecule has 1 aromatic carbocycles. The highest BCUT2D eigenvalue weighted by Crippen LogP contribution is 2.30. The Morgan fingerprint density at radius 2 is 2.17 bits per heavy atom. The third-order valence-electron chi connectivity index (χ3n) is 5.10. The molecular weight excluding hydrogens is 311 g/mol. The average Bonchev–Trinajstić information content (AvgIpc) is 2.98. The minimum atomic E-state index is -0.929. The van der Waals surface area contributed by atoms with E-state index < -0.39 is 12.0 Å². The van der Waals surface area contributed by atoms with Crippen LogP contribution in [0.15, 0.2) is 22.7 Å². The molecule has 24 heavy (non-hydrogen) atoms. The van der Waals surface area contributed by atoms with Gasteiger partial charge in [0.2, 0.25) is 0 Å². The van der Waals surface area contributed by atoms with Crippen molar-refractivity contribution in [1.82, 2.24) is 10.1 Å². The molecule has 5 nitrogen and oxygen atoms in total. The van der Waals surface area contributed by atoms with Gasteiger partial charge in [-0.05, 0) is 36.5 Å². The van der Waals surface area contributed by atoms with Crippen LogP contribution in [0.2, 0.25) is 0 Å². The number of halogens is 1. The number of fused-ring (bicyclic) bond motifs is 2. The molecular formula is C18H19FN2O3. The van der Waals surface area contributed by atoms with Crippen molar-refractivity contribution < 1.29 is 18.8 Å². The summed E-state index contributed by atoms with van der Waals surface area (Å²) in [7, 11) is 0. The van der Waals surface area contributed by atoms with Crippen molar-refractivity contribution in [2.24, 2.45) is 0 Å². The first-order valence-corrected chi connectivity index (χ1v) is 8.33. The number of aromatic nitrogens is 1. The minimum Gasteiger partial charge on any atom is -0.480 e. The molecule has 1 aliphatic heterocycles. The van der Waals surface area contributed by atoms with Crippen LogP contribution in [0, 0.1) is 5.82 Å². The number of aryl methyl sites for hydroxylation is 1. The number of aliphatic carboxylic acids is 1. The van der Waals surface area contributed by atoms with Crippen molar-refractivity contribution in [2.45, 2.75) is 51.2 Å². The monoisotopic (exact) mass is 330 g/mol. The number of rotatable bonds is 3. The van der Waals surface area contributed by atoms with Gasteiger partial charge in [-0.15, -0.1) is 0 Å². The van der Waals surface area contributed by atoms with Crippen molar-refractivity contribution in [2.75, 3.05) is 0 Å². The molecule has 1 aromatic heterocycles. The third-order valence-corrected chi connectivity index (χ3v) is 5.10. The van der Waals surface area contributed by atoms with Gasteiger partial charge < -0.3 is 9.63 Å². The third kappa shape index (κ3) is 2.60. The number of carboxylic acid groups (broad SMARTS) is 1. The van der Waals surface area contributed by atoms with Crippen LogP contribution >= 0.6 is 0 Å². The van der Waals surface area contributed by atoms with Gasteiger partial charge in [0.1, 0.15) is 23.3 Å². The summed E-state index contributed by atoms with van der Waals surface area (Å²) in [5.41, 5.74) is 3.33. The lowest BCUT2D eigenvalue weighted by Gasteiger charge is -2.34. The van der Waals surface area contributed by atoms with E-state index in [2.05, 4.69) is 5.16 Å². The summed E-state index contributed by atoms with van der Waals surface area (Å²) in [4.78, 5) is 13.6. The van der Waals surface area contributed by atoms with Gasteiger partial charge in [0.15, 0.2) is 0 Å². The fourth-order valence-corrected chi connectivity index (χ4v) is 3.81. The van der Waals surface area contributed by atoms with E-state index in [0.717, 1.165) is 48.3 Å². The zero-order valence-electron chi connectivity index (χ0n) is 13.3. The summed E-state index contributed by atoms with van der Waals surface area (Å²) in [6.45, 7) is 0.831. The highest BCUT2D eigenvalue weighted by atomic mass is 19.1. The van der Waals surface area contributed by atoms with Crippen LogP contribution in [0.5, 0.6) is 0 Å². The van der Waals surface area contributed by atoms with E-state index in [9.17, 15) is 14.3 Å². The van der Waals surface area contributed by atoms with E-state index in [0.29, 0.717) is 18.7 Å². The molecule has 2 aliphatic rings. The van der Waals surface area contributed by atoms with Crippen LogP contribution in [-0.4, -0.2) is 27.2 Å². The summed E-state index contributed by atoms with van der Waals surface area (Å²) in [6, 6.07) is 4.18. The lowest BCUT2D eigenvalue weighted by atomic mass is 9.92. The van der Waals surface area contributed by atoms with Crippen LogP contribution in [0.4, 0.5) is 4.39 Å². The quantitative estimate of drug-likeness (QED) is 0.937. The molecule has 0 saturated carbocycles. The Morgan fingerprint density at radius 1 is 1.33 bits per heavy atom. The number of carbonyl (C=O) groups is 1. The predicted octanol–water partition coefficient (Wildman–Crippen LogP) is 2.70. The van der Waals surface area contributed by atoms with Crippen molar-refractivity contribution in [3.05, 3.63) is 52.2 Å². The molecule has 1 N–H and O–H groups in total. The molecule has 0 fully saturated rings. The van der Waals surface area contributed by atoms with Gasteiger partial charge in [-0.1, -0.05) is 17.3 Å². The van der Waals surface area contributed by atoms with Crippen molar-refractivity contribution in [3.8, 4) is 0 Å². The van der Waals surface area contributed by atoms with Crippen LogP contribution < -0.4 is 0 Å². The molecule has 2 aromatic rings. The molecule has 4 rings (SSSR count). The standard InChI is InChI=1S/C18H19FN2O3/c19-14-6-3-4-11-9-21(16(18(22)23)8-13(11)14)10-15-12-5-1-2-7-17(12)24-20-15/h3-4,6,16H,1-2,5,7-10H2,(H,22,23). The molecule has 0 bridgehead atoms. The first kappa shape index (κ1) is 15.3. The first-order chi connectivity index (χ1) is 11.6. The molecule has 0 radical (unpaired) electrons. The smallest absolute Gasteiger partial charge is 0.321 e. The largest absolute Gasteiger partial charge is 0.480 e. The fourth-order valence-electron chi connectivity index (χ4n) is 3.81. The van der Waals surface area contributed by atoms with Gasteiger partial charge >= 0.3 is 5.97 Å². The summed E-state index contributed by atoms with van der Waals surface area (Å²) in [5.74, 6) is -0.315. The topological polar surface area (TPSA) is 66.6 Å². The SMILES string of the molecule is O=C(O)C1Cc2c(F)cccc2CN1Cc1noc2c1CCCC2. The molecule has 0 amide bonds. The maximum absolute atomic E-state index is 14.0. The van der Waals surface area contributed by atoms with E-state index in [1.807, 2.05) is 11.0 Å². The first-order valence-electron chi connectivity index (χ1n) is 8.33. The number of benzene rings is 1. The van der Waals surface area contributed by atoms with Crippen LogP contribution in [0.3, 0.4) is 0 Å². The van der Waals surface area contributed by atoms with Crippen molar-refractivity contribution in [3.63, 3.8) is 0 Å². The van der Waals surface area contributed by atoms with Gasteiger partial charge in [-0.25, -0.2) is 4.39 Å². The van der Waals surface area contributed by atoms with Gasteiger partial charge in [0.25, 0.3) is 0 Å². The second kappa shape index (κ2) is 6.02. The van der Waals surface area contributed by atoms with Gasteiger partial charge in [-0.2, -0.15) is 0 Å². The molecule has 1 atom stereocenters. The Kier molecular flexibility index (Phi) is 3.84. The molecule has 2 heterocycles. The predicted molar refractivity (Wildman–Crippen MR) is 83.9 cm³/mol. The maximum atomic E-state index is 14.0. The maximum Gasteiger partial charge on any atom is 0.321 e. The Labute approximate surface area is 139 Å². The van der Waals surface area contributed by atoms with Gasteiger partial charge in [0, 0.05) is 31.5 Å². The van der Waals surface area contributed by atoms with E-state index in [1.54, 1.807) is 6.07 Å². The zero-order chi connectivity index (χ0) is 16.7. The van der Waals surface area contributed by atoms with Gasteiger partial charge in [0.05, 0.1) is 0 Å². The number of hydrogen-bond donors (Lipinski definition) is 1. The van der Waals surface area contributed by atoms with Crippen molar-refractivity contribution in [1.29, 1.82) is 0 Å². The second-order valence-electron chi connectivity index (χ2n) is 6.58. The Morgan fingerprint density at radius 3 is 3.00 bits per heavy atom. The lowest BCUT2D eigenvalue weighted by molar-refractivity contribution is -0.144. The Bertz CT molecular complexity index is 787. The molecule has 6 heteroatoms. The summed E-state index contributed by atoms with van der Waals surface area (Å²) < 4.78 is 19.4. The lowest BCUT2D eigenvalue weighted by Crippen LogP contribution is -2.45. The molecule has 1 aliphatic carbocycles. The molecule has 0 spiro atoms. The Balaban J connectivity index is 1.64. The Hall–Kier alpha value is -2.21. The van der Waals surface area contributed by atoms with Crippen molar-refractivity contribution >= 4 is 5.97 Å². The minimum absolute atomic E-state index is 0.178. The zero-order valence-corrected chi connectivity index (χ0v) is 13.3. The van der Waals surface area contributed by atoms with E-state index in [4.69, 9.17) is 4.52 Å². The molecule has 126 valence electrons. The van der Waals surface area contributed by atoms with Crippen LogP contribution in [-0.2, 0) is 37.1 Å². The molecule has 0 saturated heterocycles. The normalized spacial score (nSPS) is 20.5. The summed E-state index contributed by atoms with van der Waals surface area (Å²) in [5, 5.41) is 13.8. The number of hydrogen-bond acceptors (Lipinski definition) is 4. The van der Waals surface area contributed by atoms with E-state index >= 15 is 0 Å². The summed E-state index contributed by atoms with van der Waals surface area (Å²) in [6.07, 6.45) is 4.23. The highest BCUT2D eigenvalue weighted by Gasteiger charge is 2.34. The van der Waals surface area contributed by atoms with E-state index in [1.165, 1.54) is 6.07 Å². The van der Waals surface area contributed by atoms with E-state index in [-0.39, 0.29) is 12.2 Å². The second-order valence-corrected chi connectivity index (χ2v) is 6.58. The molecule has 1 unspecified atom stereocenters. The average molecular weight is 330 g/mol. The van der Waals surface area contributed by atoms with Gasteiger partial charge in [-0.3, -0.25) is 9.69 Å². The summed E-state index contributed by atoms with van der Waals surface area (Å²) >= 11 is 0. The van der Waals surface area contributed by atoms with Crippen LogP contribution in [0.25, 0.3) is 0 Å². The number of carboxylic acids is 1. The number of nitrogens with zero attached hydrogens (tertiary/aromatic N) is 2. The highest BCUT2D eigenvalue weighted by molar-refractivity contribution is 5.74. The van der Waals surface area contributed by atoms with Crippen LogP contribution in [0.1, 0.15) is 41.0 Å². The fraction of sp³-hybridized carbons (Fsp3) is 0.444.